The van der Waals surface area contributed by atoms with Gasteiger partial charge < -0.3 is 11.1 Å². The highest BCUT2D eigenvalue weighted by Gasteiger charge is 2.06. The maximum atomic E-state index is 11.7. The second-order valence-electron chi connectivity index (χ2n) is 4.38. The first-order chi connectivity index (χ1) is 9.08. The van der Waals surface area contributed by atoms with Gasteiger partial charge in [-0.25, -0.2) is 0 Å². The number of nitrogens with two attached hydrogens (primary N) is 1. The number of hydrogen-bond acceptors (Lipinski definition) is 4. The predicted octanol–water partition coefficient (Wildman–Crippen LogP) is 0.307. The number of hydrogen-bond donors (Lipinski definition) is 2. The maximum absolute atomic E-state index is 11.7. The Bertz CT molecular complexity index is 551. The van der Waals surface area contributed by atoms with Gasteiger partial charge in [-0.1, -0.05) is 0 Å². The van der Waals surface area contributed by atoms with E-state index in [9.17, 15) is 4.79 Å². The summed E-state index contributed by atoms with van der Waals surface area (Å²) in [5.41, 5.74) is 7.48. The minimum atomic E-state index is -0.105. The van der Waals surface area contributed by atoms with Crippen molar-refractivity contribution in [3.63, 3.8) is 0 Å². The van der Waals surface area contributed by atoms with Crippen molar-refractivity contribution in [1.82, 2.24) is 24.9 Å². The Hall–Kier alpha value is -2.31. The molecule has 0 saturated carbocycles. The fourth-order valence-electron chi connectivity index (χ4n) is 1.69. The highest BCUT2D eigenvalue weighted by molar-refractivity contribution is 5.75. The van der Waals surface area contributed by atoms with Gasteiger partial charge in [0.05, 0.1) is 6.20 Å². The van der Waals surface area contributed by atoms with Crippen LogP contribution in [0.2, 0.25) is 0 Å². The Labute approximate surface area is 111 Å². The van der Waals surface area contributed by atoms with Gasteiger partial charge in [0.15, 0.2) is 0 Å². The predicted molar refractivity (Wildman–Crippen MR) is 71.1 cm³/mol. The van der Waals surface area contributed by atoms with Crippen LogP contribution in [0.3, 0.4) is 0 Å². The smallest absolute Gasteiger partial charge is 0.242 e. The van der Waals surface area contributed by atoms with Gasteiger partial charge in [-0.05, 0) is 13.8 Å². The quantitative estimate of drug-likeness (QED) is 0.811. The van der Waals surface area contributed by atoms with Gasteiger partial charge >= 0.3 is 0 Å². The number of carbonyl (C=O) groups excluding carboxylic acids is 1. The number of rotatable bonds is 5. The number of nitrogen functional groups attached to an aromatic ring is 1. The average Bonchev–Trinajstić information content (AvgIpc) is 2.94. The number of nitrogens with zero attached hydrogens (tertiary/aromatic N) is 4. The van der Waals surface area contributed by atoms with E-state index in [0.29, 0.717) is 12.4 Å². The van der Waals surface area contributed by atoms with E-state index >= 15 is 0 Å². The van der Waals surface area contributed by atoms with Crippen molar-refractivity contribution in [3.8, 4) is 0 Å². The summed E-state index contributed by atoms with van der Waals surface area (Å²) in [6, 6.07) is 0. The van der Waals surface area contributed by atoms with E-state index in [4.69, 9.17) is 5.73 Å². The summed E-state index contributed by atoms with van der Waals surface area (Å²) in [6.45, 7) is 5.32. The van der Waals surface area contributed by atoms with Gasteiger partial charge in [-0.15, -0.1) is 0 Å². The summed E-state index contributed by atoms with van der Waals surface area (Å²) in [7, 11) is 0. The van der Waals surface area contributed by atoms with Crippen molar-refractivity contribution >= 4 is 11.7 Å². The van der Waals surface area contributed by atoms with E-state index in [2.05, 4.69) is 15.5 Å². The van der Waals surface area contributed by atoms with Gasteiger partial charge in [0, 0.05) is 36.6 Å². The molecule has 0 aliphatic carbocycles. The third-order valence-corrected chi connectivity index (χ3v) is 2.79. The molecule has 102 valence electrons. The summed E-state index contributed by atoms with van der Waals surface area (Å²) in [6.07, 6.45) is 5.42. The molecule has 0 saturated heterocycles. The number of amides is 1. The van der Waals surface area contributed by atoms with Gasteiger partial charge in [0.25, 0.3) is 0 Å². The highest BCUT2D eigenvalue weighted by atomic mass is 16.2. The monoisotopic (exact) mass is 262 g/mol. The Morgan fingerprint density at radius 3 is 2.79 bits per heavy atom. The van der Waals surface area contributed by atoms with Crippen molar-refractivity contribution in [3.05, 3.63) is 29.7 Å². The topological polar surface area (TPSA) is 90.8 Å². The minimum absolute atomic E-state index is 0.105. The molecule has 0 unspecified atom stereocenters. The van der Waals surface area contributed by atoms with Crippen LogP contribution in [0, 0.1) is 6.92 Å². The molecule has 3 N–H and O–H groups in total. The lowest BCUT2D eigenvalue weighted by Gasteiger charge is -2.03. The molecule has 0 bridgehead atoms. The molecule has 0 aromatic carbocycles. The van der Waals surface area contributed by atoms with Gasteiger partial charge in [-0.3, -0.25) is 14.2 Å². The third-order valence-electron chi connectivity index (χ3n) is 2.79. The van der Waals surface area contributed by atoms with Crippen LogP contribution in [0.25, 0.3) is 0 Å². The van der Waals surface area contributed by atoms with Crippen LogP contribution in [0.15, 0.2) is 18.6 Å². The molecule has 7 nitrogen and oxygen atoms in total. The van der Waals surface area contributed by atoms with Crippen LogP contribution in [0.1, 0.15) is 18.1 Å². The van der Waals surface area contributed by atoms with Crippen LogP contribution in [-0.2, 0) is 24.4 Å². The number of aromatic nitrogens is 4. The van der Waals surface area contributed by atoms with Gasteiger partial charge in [-0.2, -0.15) is 10.2 Å². The second kappa shape index (κ2) is 5.55. The van der Waals surface area contributed by atoms with E-state index in [1.165, 1.54) is 4.68 Å². The minimum Gasteiger partial charge on any atom is -0.382 e. The molecule has 2 rings (SSSR count). The van der Waals surface area contributed by atoms with Crippen molar-refractivity contribution < 1.29 is 4.79 Å². The third kappa shape index (κ3) is 3.34. The lowest BCUT2D eigenvalue weighted by Crippen LogP contribution is -2.27. The Morgan fingerprint density at radius 1 is 1.42 bits per heavy atom. The molecule has 2 heterocycles. The van der Waals surface area contributed by atoms with E-state index in [-0.39, 0.29) is 12.5 Å². The van der Waals surface area contributed by atoms with Crippen LogP contribution < -0.4 is 11.1 Å². The largest absolute Gasteiger partial charge is 0.382 e. The molecule has 0 fully saturated rings. The number of anilines is 1. The summed E-state index contributed by atoms with van der Waals surface area (Å²) >= 11 is 0. The lowest BCUT2D eigenvalue weighted by atomic mass is 10.3. The molecule has 0 spiro atoms. The molecule has 0 aliphatic rings. The SMILES string of the molecule is CCn1cc(CNC(=O)Cn2cc(C)c(N)n2)cn1. The second-order valence-corrected chi connectivity index (χ2v) is 4.38. The Morgan fingerprint density at radius 2 is 2.21 bits per heavy atom. The van der Waals surface area contributed by atoms with Crippen molar-refractivity contribution in [1.29, 1.82) is 0 Å². The van der Waals surface area contributed by atoms with E-state index < -0.39 is 0 Å². The summed E-state index contributed by atoms with van der Waals surface area (Å²) < 4.78 is 3.36. The zero-order chi connectivity index (χ0) is 13.8. The van der Waals surface area contributed by atoms with Crippen LogP contribution in [0.4, 0.5) is 5.82 Å². The molecule has 19 heavy (non-hydrogen) atoms. The molecule has 0 radical (unpaired) electrons. The van der Waals surface area contributed by atoms with E-state index in [1.54, 1.807) is 12.4 Å². The lowest BCUT2D eigenvalue weighted by molar-refractivity contribution is -0.122. The molecule has 1 amide bonds. The standard InChI is InChI=1S/C12H18N6O/c1-3-17-7-10(5-15-17)4-14-11(19)8-18-6-9(2)12(13)16-18/h5-7H,3-4,8H2,1-2H3,(H2,13,16)(H,14,19). The van der Waals surface area contributed by atoms with Crippen LogP contribution in [-0.4, -0.2) is 25.5 Å². The number of nitrogens with one attached hydrogen (secondary N) is 1. The number of aryl methyl sites for hydroxylation is 2. The summed E-state index contributed by atoms with van der Waals surface area (Å²) in [5.74, 6) is 0.351. The van der Waals surface area contributed by atoms with Crippen LogP contribution >= 0.6 is 0 Å². The molecule has 2 aromatic heterocycles. The maximum Gasteiger partial charge on any atom is 0.242 e. The zero-order valence-corrected chi connectivity index (χ0v) is 11.1. The summed E-state index contributed by atoms with van der Waals surface area (Å²) in [5, 5.41) is 11.0. The van der Waals surface area contributed by atoms with E-state index in [1.807, 2.05) is 24.7 Å². The molecular weight excluding hydrogens is 244 g/mol. The molecule has 2 aromatic rings. The number of carbonyl (C=O) groups is 1. The first-order valence-electron chi connectivity index (χ1n) is 6.16. The Kier molecular flexibility index (Phi) is 3.84. The molecule has 0 aliphatic heterocycles. The fraction of sp³-hybridized carbons (Fsp3) is 0.417. The van der Waals surface area contributed by atoms with E-state index in [0.717, 1.165) is 17.7 Å². The van der Waals surface area contributed by atoms with Crippen molar-refractivity contribution in [2.24, 2.45) is 0 Å². The normalized spacial score (nSPS) is 10.6. The molecule has 7 heteroatoms. The first-order valence-corrected chi connectivity index (χ1v) is 6.16. The average molecular weight is 262 g/mol. The van der Waals surface area contributed by atoms with Crippen LogP contribution in [0.5, 0.6) is 0 Å². The summed E-state index contributed by atoms with van der Waals surface area (Å²) in [4.78, 5) is 11.7. The molecular formula is C12H18N6O. The highest BCUT2D eigenvalue weighted by Crippen LogP contribution is 2.05. The first kappa shape index (κ1) is 13.1. The Balaban J connectivity index is 1.84. The van der Waals surface area contributed by atoms with Gasteiger partial charge in [0.2, 0.25) is 5.91 Å². The molecule has 0 atom stereocenters. The van der Waals surface area contributed by atoms with Crippen molar-refractivity contribution in [2.45, 2.75) is 33.5 Å². The zero-order valence-electron chi connectivity index (χ0n) is 11.1. The van der Waals surface area contributed by atoms with Crippen molar-refractivity contribution in [2.75, 3.05) is 5.73 Å². The fourth-order valence-corrected chi connectivity index (χ4v) is 1.69. The van der Waals surface area contributed by atoms with Gasteiger partial charge in [0.1, 0.15) is 12.4 Å².